The third-order valence-electron chi connectivity index (χ3n) is 4.88. The molecule has 0 bridgehead atoms. The van der Waals surface area contributed by atoms with Gasteiger partial charge in [-0.05, 0) is 38.0 Å². The fourth-order valence-electron chi connectivity index (χ4n) is 3.82. The SMILES string of the molecule is CC(C)(C)NC1=C([Si](c2ccccc2)c2ccccc2)Cc2ccccc21. The van der Waals surface area contributed by atoms with Gasteiger partial charge in [-0.15, -0.1) is 0 Å². The third-order valence-corrected chi connectivity index (χ3v) is 7.73. The van der Waals surface area contributed by atoms with E-state index in [1.54, 1.807) is 5.20 Å². The molecule has 2 heteroatoms. The van der Waals surface area contributed by atoms with E-state index in [1.807, 2.05) is 0 Å². The summed E-state index contributed by atoms with van der Waals surface area (Å²) in [6.45, 7) is 6.74. The third kappa shape index (κ3) is 3.76. The molecule has 0 saturated carbocycles. The van der Waals surface area contributed by atoms with Crippen molar-refractivity contribution in [2.24, 2.45) is 0 Å². The normalized spacial score (nSPS) is 13.8. The van der Waals surface area contributed by atoms with Gasteiger partial charge in [0.1, 0.15) is 0 Å². The maximum absolute atomic E-state index is 3.85. The first-order valence-electron chi connectivity index (χ1n) is 9.61. The van der Waals surface area contributed by atoms with Crippen LogP contribution in [0.1, 0.15) is 31.9 Å². The number of nitrogens with one attached hydrogen (secondary N) is 1. The Morgan fingerprint density at radius 2 is 1.22 bits per heavy atom. The summed E-state index contributed by atoms with van der Waals surface area (Å²) in [5, 5.41) is 8.31. The minimum absolute atomic E-state index is 0.0262. The van der Waals surface area contributed by atoms with Crippen LogP contribution in [0.15, 0.2) is 90.1 Å². The van der Waals surface area contributed by atoms with Gasteiger partial charge in [-0.25, -0.2) is 0 Å². The molecule has 0 heterocycles. The van der Waals surface area contributed by atoms with Crippen molar-refractivity contribution >= 4 is 24.9 Å². The van der Waals surface area contributed by atoms with E-state index in [9.17, 15) is 0 Å². The minimum Gasteiger partial charge on any atom is -0.380 e. The Labute approximate surface area is 164 Å². The molecule has 0 amide bonds. The van der Waals surface area contributed by atoms with Gasteiger partial charge in [0.2, 0.25) is 0 Å². The second-order valence-corrected chi connectivity index (χ2v) is 10.7. The Hall–Kier alpha value is -2.58. The van der Waals surface area contributed by atoms with E-state index in [0.717, 1.165) is 6.42 Å². The molecule has 1 nitrogen and oxygen atoms in total. The monoisotopic (exact) mass is 368 g/mol. The number of hydrogen-bond donors (Lipinski definition) is 1. The van der Waals surface area contributed by atoms with Crippen molar-refractivity contribution in [3.63, 3.8) is 0 Å². The number of hydrogen-bond acceptors (Lipinski definition) is 1. The van der Waals surface area contributed by atoms with Crippen molar-refractivity contribution in [2.45, 2.75) is 32.7 Å². The fraction of sp³-hybridized carbons (Fsp3) is 0.200. The van der Waals surface area contributed by atoms with Crippen molar-refractivity contribution in [1.29, 1.82) is 0 Å². The summed E-state index contributed by atoms with van der Waals surface area (Å²) >= 11 is 0. The maximum Gasteiger partial charge on any atom is 0.152 e. The molecule has 0 unspecified atom stereocenters. The van der Waals surface area contributed by atoms with Crippen LogP contribution < -0.4 is 15.7 Å². The van der Waals surface area contributed by atoms with Gasteiger partial charge in [0, 0.05) is 16.8 Å². The lowest BCUT2D eigenvalue weighted by Gasteiger charge is -2.27. The minimum atomic E-state index is -1.05. The second-order valence-electron chi connectivity index (χ2n) is 8.17. The number of fused-ring (bicyclic) bond motifs is 1. The van der Waals surface area contributed by atoms with Crippen LogP contribution in [0.25, 0.3) is 5.70 Å². The molecule has 0 spiro atoms. The van der Waals surface area contributed by atoms with E-state index in [0.29, 0.717) is 0 Å². The Bertz CT molecular complexity index is 913. The summed E-state index contributed by atoms with van der Waals surface area (Å²) in [6, 6.07) is 31.0. The summed E-state index contributed by atoms with van der Waals surface area (Å²) in [5.74, 6) is 0. The molecule has 135 valence electrons. The topological polar surface area (TPSA) is 12.0 Å². The van der Waals surface area contributed by atoms with E-state index in [-0.39, 0.29) is 5.54 Å². The van der Waals surface area contributed by atoms with Crippen molar-refractivity contribution in [3.8, 4) is 0 Å². The lowest BCUT2D eigenvalue weighted by molar-refractivity contribution is 0.501. The van der Waals surface area contributed by atoms with E-state index in [2.05, 4.69) is 111 Å². The fourth-order valence-corrected chi connectivity index (χ4v) is 6.71. The van der Waals surface area contributed by atoms with Crippen LogP contribution in [0.2, 0.25) is 0 Å². The van der Waals surface area contributed by atoms with Crippen molar-refractivity contribution in [3.05, 3.63) is 101 Å². The Balaban J connectivity index is 1.91. The molecule has 1 radical (unpaired) electrons. The lowest BCUT2D eigenvalue weighted by atomic mass is 10.1. The zero-order valence-electron chi connectivity index (χ0n) is 16.3. The highest BCUT2D eigenvalue weighted by molar-refractivity contribution is 6.91. The van der Waals surface area contributed by atoms with Crippen LogP contribution >= 0.6 is 0 Å². The molecular weight excluding hydrogens is 342 g/mol. The predicted octanol–water partition coefficient (Wildman–Crippen LogP) is 4.19. The molecule has 0 aromatic heterocycles. The zero-order valence-corrected chi connectivity index (χ0v) is 17.3. The van der Waals surface area contributed by atoms with Gasteiger partial charge in [-0.3, -0.25) is 0 Å². The van der Waals surface area contributed by atoms with Crippen LogP contribution in [-0.4, -0.2) is 14.3 Å². The van der Waals surface area contributed by atoms with Crippen molar-refractivity contribution in [2.75, 3.05) is 0 Å². The molecule has 0 atom stereocenters. The average molecular weight is 369 g/mol. The van der Waals surface area contributed by atoms with E-state index < -0.39 is 8.80 Å². The molecule has 3 aromatic carbocycles. The molecule has 0 saturated heterocycles. The summed E-state index contributed by atoms with van der Waals surface area (Å²) in [6.07, 6.45) is 1.03. The molecule has 0 fully saturated rings. The standard InChI is InChI=1S/C25H26NSi/c1-25(2,3)26-24-22-17-11-10-12-19(22)18-23(24)27(20-13-6-4-7-14-20)21-15-8-5-9-16-21/h4-17,26H,18H2,1-3H3. The highest BCUT2D eigenvalue weighted by Crippen LogP contribution is 2.33. The average Bonchev–Trinajstić information content (AvgIpc) is 3.00. The number of benzene rings is 3. The van der Waals surface area contributed by atoms with Gasteiger partial charge in [0.25, 0.3) is 0 Å². The summed E-state index contributed by atoms with van der Waals surface area (Å²) in [5.41, 5.74) is 4.18. The highest BCUT2D eigenvalue weighted by atomic mass is 28.3. The van der Waals surface area contributed by atoms with Crippen molar-refractivity contribution < 1.29 is 0 Å². The summed E-state index contributed by atoms with van der Waals surface area (Å²) in [7, 11) is -1.05. The molecule has 1 aliphatic rings. The largest absolute Gasteiger partial charge is 0.380 e. The molecular formula is C25H26NSi. The maximum atomic E-state index is 3.85. The summed E-state index contributed by atoms with van der Waals surface area (Å²) in [4.78, 5) is 0. The molecule has 0 aliphatic heterocycles. The van der Waals surface area contributed by atoms with Crippen molar-refractivity contribution in [1.82, 2.24) is 5.32 Å². The number of allylic oxidation sites excluding steroid dienone is 1. The predicted molar refractivity (Wildman–Crippen MR) is 118 cm³/mol. The lowest BCUT2D eigenvalue weighted by Crippen LogP contribution is -2.46. The van der Waals surface area contributed by atoms with E-state index in [1.165, 1.54) is 27.2 Å². The summed E-state index contributed by atoms with van der Waals surface area (Å²) < 4.78 is 0. The van der Waals surface area contributed by atoms with Gasteiger partial charge >= 0.3 is 0 Å². The van der Waals surface area contributed by atoms with Crippen LogP contribution in [-0.2, 0) is 6.42 Å². The Morgan fingerprint density at radius 3 is 1.78 bits per heavy atom. The zero-order chi connectivity index (χ0) is 18.9. The van der Waals surface area contributed by atoms with Crippen LogP contribution in [0.3, 0.4) is 0 Å². The number of rotatable bonds is 4. The first-order valence-corrected chi connectivity index (χ1v) is 11.1. The van der Waals surface area contributed by atoms with Gasteiger partial charge in [0.05, 0.1) is 0 Å². The first-order chi connectivity index (χ1) is 13.0. The van der Waals surface area contributed by atoms with Gasteiger partial charge in [-0.2, -0.15) is 0 Å². The van der Waals surface area contributed by atoms with Gasteiger partial charge < -0.3 is 5.32 Å². The molecule has 1 aliphatic carbocycles. The molecule has 27 heavy (non-hydrogen) atoms. The Kier molecular flexibility index (Phi) is 4.75. The highest BCUT2D eigenvalue weighted by Gasteiger charge is 2.32. The van der Waals surface area contributed by atoms with Gasteiger partial charge in [0.15, 0.2) is 8.80 Å². The quantitative estimate of drug-likeness (QED) is 0.681. The second kappa shape index (κ2) is 7.20. The van der Waals surface area contributed by atoms with E-state index >= 15 is 0 Å². The molecule has 4 rings (SSSR count). The van der Waals surface area contributed by atoms with Crippen LogP contribution in [0.4, 0.5) is 0 Å². The molecule has 3 aromatic rings. The first kappa shape index (κ1) is 17.8. The Morgan fingerprint density at radius 1 is 0.704 bits per heavy atom. The van der Waals surface area contributed by atoms with Crippen LogP contribution in [0.5, 0.6) is 0 Å². The molecule has 1 N–H and O–H groups in total. The van der Waals surface area contributed by atoms with Crippen LogP contribution in [0, 0.1) is 0 Å². The van der Waals surface area contributed by atoms with Gasteiger partial charge in [-0.1, -0.05) is 95.3 Å². The van der Waals surface area contributed by atoms with E-state index in [4.69, 9.17) is 0 Å². The smallest absolute Gasteiger partial charge is 0.152 e.